The smallest absolute Gasteiger partial charge is 0.270 e. The average Bonchev–Trinajstić information content (AvgIpc) is 3.37. The van der Waals surface area contributed by atoms with Crippen molar-refractivity contribution in [2.75, 3.05) is 70.7 Å². The van der Waals surface area contributed by atoms with E-state index in [1.807, 2.05) is 6.08 Å². The second-order valence-electron chi connectivity index (χ2n) is 15.7. The molecule has 1 saturated heterocycles. The summed E-state index contributed by atoms with van der Waals surface area (Å²) in [5.41, 5.74) is 3.96. The summed E-state index contributed by atoms with van der Waals surface area (Å²) in [6.45, 7) is 12.0. The van der Waals surface area contributed by atoms with Gasteiger partial charge < -0.3 is 19.1 Å². The minimum Gasteiger partial charge on any atom is -0.378 e. The predicted molar refractivity (Wildman–Crippen MR) is 220 cm³/mol. The Bertz CT molecular complexity index is 1420. The summed E-state index contributed by atoms with van der Waals surface area (Å²) in [6, 6.07) is 8.56. The van der Waals surface area contributed by atoms with Gasteiger partial charge in [-0.25, -0.2) is 0 Å². The molecule has 9 heteroatoms. The Balaban J connectivity index is 1.33. The van der Waals surface area contributed by atoms with Crippen molar-refractivity contribution in [2.24, 2.45) is 0 Å². The maximum absolute atomic E-state index is 13.9. The number of hydrogen-bond acceptors (Lipinski definition) is 8. The molecule has 0 amide bonds. The van der Waals surface area contributed by atoms with Crippen molar-refractivity contribution in [1.82, 2.24) is 4.90 Å². The molecule has 0 radical (unpaired) electrons. The quantitative estimate of drug-likeness (QED) is 0.0531. The fourth-order valence-electron chi connectivity index (χ4n) is 7.85. The van der Waals surface area contributed by atoms with Gasteiger partial charge in [-0.1, -0.05) is 135 Å². The van der Waals surface area contributed by atoms with Crippen molar-refractivity contribution >= 4 is 11.5 Å². The Morgan fingerprint density at radius 1 is 0.722 bits per heavy atom. The third kappa shape index (κ3) is 14.2. The first-order chi connectivity index (χ1) is 26.3. The molecule has 1 aromatic carbocycles. The summed E-state index contributed by atoms with van der Waals surface area (Å²) in [4.78, 5) is 30.0. The van der Waals surface area contributed by atoms with Crippen LogP contribution in [0.4, 0.5) is 5.69 Å². The molecule has 54 heavy (non-hydrogen) atoms. The summed E-state index contributed by atoms with van der Waals surface area (Å²) < 4.78 is 16.9. The van der Waals surface area contributed by atoms with Gasteiger partial charge in [0.05, 0.1) is 44.6 Å². The van der Waals surface area contributed by atoms with Gasteiger partial charge in [0.1, 0.15) is 0 Å². The summed E-state index contributed by atoms with van der Waals surface area (Å²) in [5, 5.41) is 12.1. The zero-order valence-electron chi connectivity index (χ0n) is 33.8. The number of ketones is 1. The van der Waals surface area contributed by atoms with Crippen LogP contribution < -0.4 is 4.90 Å². The second kappa shape index (κ2) is 24.4. The fraction of sp³-hybridized carbons (Fsp3) is 0.667. The fourth-order valence-corrected chi connectivity index (χ4v) is 7.85. The van der Waals surface area contributed by atoms with Crippen LogP contribution in [-0.4, -0.2) is 81.4 Å². The number of allylic oxidation sites excluding steroid dienone is 6. The van der Waals surface area contributed by atoms with E-state index in [4.69, 9.17) is 14.2 Å². The van der Waals surface area contributed by atoms with Crippen LogP contribution in [-0.2, 0) is 24.4 Å². The van der Waals surface area contributed by atoms with Crippen LogP contribution in [0.5, 0.6) is 0 Å². The highest BCUT2D eigenvalue weighted by atomic mass is 16.6. The van der Waals surface area contributed by atoms with Crippen LogP contribution in [0.3, 0.4) is 0 Å². The first kappa shape index (κ1) is 43.6. The highest BCUT2D eigenvalue weighted by molar-refractivity contribution is 6.12. The molecule has 0 N–H and O–H groups in total. The molecule has 4 rings (SSSR count). The van der Waals surface area contributed by atoms with E-state index in [-0.39, 0.29) is 23.4 Å². The minimum absolute atomic E-state index is 0.0766. The Morgan fingerprint density at radius 2 is 1.24 bits per heavy atom. The topological polar surface area (TPSA) is 94.4 Å². The van der Waals surface area contributed by atoms with E-state index in [1.165, 1.54) is 120 Å². The van der Waals surface area contributed by atoms with E-state index in [1.54, 1.807) is 6.08 Å². The average molecular weight is 748 g/mol. The number of carbonyl (C=O) groups is 1. The molecule has 1 fully saturated rings. The monoisotopic (exact) mass is 748 g/mol. The number of rotatable bonds is 21. The number of para-hydroxylation sites is 1. The van der Waals surface area contributed by atoms with Crippen LogP contribution in [0.25, 0.3) is 0 Å². The van der Waals surface area contributed by atoms with Crippen molar-refractivity contribution in [3.8, 4) is 0 Å². The molecular formula is C45H69N3O6. The van der Waals surface area contributed by atoms with E-state index in [0.29, 0.717) is 63.9 Å². The molecule has 1 aliphatic carbocycles. The van der Waals surface area contributed by atoms with Crippen LogP contribution in [0.2, 0.25) is 0 Å². The summed E-state index contributed by atoms with van der Waals surface area (Å²) >= 11 is 0. The number of nitrogens with zero attached hydrogens (tertiary/aromatic N) is 3. The van der Waals surface area contributed by atoms with E-state index < -0.39 is 4.92 Å². The lowest BCUT2D eigenvalue weighted by Gasteiger charge is -2.27. The van der Waals surface area contributed by atoms with Gasteiger partial charge >= 0.3 is 0 Å². The Morgan fingerprint density at radius 3 is 1.80 bits per heavy atom. The number of carbonyl (C=O) groups excluding carboxylic acids is 1. The summed E-state index contributed by atoms with van der Waals surface area (Å²) in [6.07, 6.45) is 28.1. The van der Waals surface area contributed by atoms with Gasteiger partial charge in [0, 0.05) is 66.3 Å². The maximum atomic E-state index is 13.9. The predicted octanol–water partition coefficient (Wildman–Crippen LogP) is 9.89. The Labute approximate surface area is 326 Å². The number of fused-ring (bicyclic) bond motifs is 1. The SMILES string of the molecule is CCCCCCCCCCCCCCCCCCN1/C(=C/C=C2\C=C([N+](=O)[O-])C=C(CN3CCOCCOCCOCC3)C2=O)C(C)(C)c2ccccc21. The van der Waals surface area contributed by atoms with Crippen molar-refractivity contribution in [3.63, 3.8) is 0 Å². The molecule has 0 spiro atoms. The van der Waals surface area contributed by atoms with Gasteiger partial charge in [0.15, 0.2) is 5.78 Å². The molecule has 9 nitrogen and oxygen atoms in total. The van der Waals surface area contributed by atoms with Crippen molar-refractivity contribution in [2.45, 2.75) is 129 Å². The van der Waals surface area contributed by atoms with Crippen LogP contribution in [0.15, 0.2) is 71.1 Å². The molecule has 2 heterocycles. The number of unbranched alkanes of at least 4 members (excludes halogenated alkanes) is 15. The molecular weight excluding hydrogens is 679 g/mol. The number of ether oxygens (including phenoxy) is 3. The summed E-state index contributed by atoms with van der Waals surface area (Å²) in [7, 11) is 0. The largest absolute Gasteiger partial charge is 0.378 e. The first-order valence-corrected chi connectivity index (χ1v) is 21.2. The summed E-state index contributed by atoms with van der Waals surface area (Å²) in [5.74, 6) is -0.184. The number of hydrogen-bond donors (Lipinski definition) is 0. The lowest BCUT2D eigenvalue weighted by Crippen LogP contribution is -2.35. The molecule has 300 valence electrons. The van der Waals surface area contributed by atoms with Crippen molar-refractivity contribution < 1.29 is 23.9 Å². The highest BCUT2D eigenvalue weighted by Gasteiger charge is 2.39. The van der Waals surface area contributed by atoms with Gasteiger partial charge in [-0.3, -0.25) is 19.8 Å². The second-order valence-corrected chi connectivity index (χ2v) is 15.7. The molecule has 0 aromatic heterocycles. The third-order valence-electron chi connectivity index (χ3n) is 11.1. The van der Waals surface area contributed by atoms with Crippen molar-refractivity contribution in [1.29, 1.82) is 0 Å². The van der Waals surface area contributed by atoms with E-state index in [0.717, 1.165) is 18.7 Å². The van der Waals surface area contributed by atoms with E-state index in [2.05, 4.69) is 54.8 Å². The number of Topliss-reactive ketones (excluding diaryl/α,β-unsaturated/α-hetero) is 1. The zero-order chi connectivity index (χ0) is 38.4. The van der Waals surface area contributed by atoms with Gasteiger partial charge in [-0.15, -0.1) is 0 Å². The third-order valence-corrected chi connectivity index (χ3v) is 11.1. The highest BCUT2D eigenvalue weighted by Crippen LogP contribution is 2.47. The molecule has 2 aliphatic heterocycles. The molecule has 0 saturated carbocycles. The molecule has 3 aliphatic rings. The van der Waals surface area contributed by atoms with E-state index >= 15 is 0 Å². The maximum Gasteiger partial charge on any atom is 0.270 e. The Kier molecular flexibility index (Phi) is 19.7. The minimum atomic E-state index is -0.408. The van der Waals surface area contributed by atoms with E-state index in [9.17, 15) is 14.9 Å². The van der Waals surface area contributed by atoms with Gasteiger partial charge in [-0.05, 0) is 30.2 Å². The molecule has 0 bridgehead atoms. The molecule has 0 unspecified atom stereocenters. The number of nitro groups is 1. The van der Waals surface area contributed by atoms with Crippen molar-refractivity contribution in [3.05, 3.63) is 86.8 Å². The van der Waals surface area contributed by atoms with Crippen LogP contribution >= 0.6 is 0 Å². The number of anilines is 1. The molecule has 1 aromatic rings. The zero-order valence-corrected chi connectivity index (χ0v) is 33.8. The normalized spacial score (nSPS) is 20.1. The van der Waals surface area contributed by atoms with Gasteiger partial charge in [0.25, 0.3) is 5.70 Å². The van der Waals surface area contributed by atoms with Gasteiger partial charge in [-0.2, -0.15) is 0 Å². The standard InChI is InChI=1S/C45H69N3O6/c1-4-5-6-7-8-9-10-11-12-13-14-15-16-17-18-21-26-47-42-23-20-19-22-41(42)45(2,3)43(47)25-24-38-35-40(48(50)51)36-39(44(38)49)37-46-27-29-52-31-33-54-34-32-53-30-28-46/h19-20,22-25,35-36H,4-18,21,26-34,37H2,1-3H3/b38-24+,43-25+. The lowest BCUT2D eigenvalue weighted by molar-refractivity contribution is -0.419. The molecule has 0 atom stereocenters. The van der Waals surface area contributed by atoms with Crippen LogP contribution in [0, 0.1) is 10.1 Å². The van der Waals surface area contributed by atoms with Crippen LogP contribution in [0.1, 0.15) is 129 Å². The first-order valence-electron chi connectivity index (χ1n) is 21.2. The lowest BCUT2D eigenvalue weighted by atomic mass is 9.83. The van der Waals surface area contributed by atoms with Gasteiger partial charge in [0.2, 0.25) is 0 Å². The number of benzene rings is 1. The Hall–Kier alpha value is -3.11.